The van der Waals surface area contributed by atoms with E-state index in [2.05, 4.69) is 21.0 Å². The third kappa shape index (κ3) is 4.58. The number of hydrogen-bond donors (Lipinski definition) is 2. The SMILES string of the molecule is C=[SH]CN1CCN(c2ccc(C(=O)NC(C)C)cc2)CC1. The van der Waals surface area contributed by atoms with E-state index in [9.17, 15) is 4.79 Å². The van der Waals surface area contributed by atoms with E-state index >= 15 is 0 Å². The summed E-state index contributed by atoms with van der Waals surface area (Å²) in [5.74, 6) is 4.94. The molecule has 0 saturated carbocycles. The summed E-state index contributed by atoms with van der Waals surface area (Å²) in [6.45, 7) is 8.17. The molecule has 1 aliphatic heterocycles. The number of carbonyl (C=O) groups is 1. The summed E-state index contributed by atoms with van der Waals surface area (Å²) >= 11 is 1.19. The molecule has 1 aliphatic rings. The molecule has 5 heteroatoms. The fraction of sp³-hybridized carbons (Fsp3) is 0.500. The van der Waals surface area contributed by atoms with Gasteiger partial charge in [-0.05, 0) is 38.1 Å². The van der Waals surface area contributed by atoms with Gasteiger partial charge in [0.15, 0.2) is 0 Å². The van der Waals surface area contributed by atoms with Crippen LogP contribution in [0.5, 0.6) is 0 Å². The molecule has 1 saturated heterocycles. The van der Waals surface area contributed by atoms with Gasteiger partial charge < -0.3 is 10.2 Å². The first kappa shape index (κ1) is 16.0. The zero-order valence-corrected chi connectivity index (χ0v) is 13.8. The van der Waals surface area contributed by atoms with E-state index < -0.39 is 0 Å². The van der Waals surface area contributed by atoms with Crippen LogP contribution in [0.1, 0.15) is 24.2 Å². The van der Waals surface area contributed by atoms with Gasteiger partial charge in [0.05, 0.1) is 0 Å². The van der Waals surface area contributed by atoms with Crippen molar-refractivity contribution in [2.24, 2.45) is 0 Å². The first-order chi connectivity index (χ1) is 10.1. The average molecular weight is 307 g/mol. The Morgan fingerprint density at radius 2 is 1.86 bits per heavy atom. The second-order valence-corrected chi connectivity index (χ2v) is 6.38. The van der Waals surface area contributed by atoms with E-state index in [1.165, 1.54) is 17.0 Å². The highest BCUT2D eigenvalue weighted by molar-refractivity contribution is 7.96. The Kier molecular flexibility index (Phi) is 5.82. The van der Waals surface area contributed by atoms with Gasteiger partial charge >= 0.3 is 0 Å². The summed E-state index contributed by atoms with van der Waals surface area (Å²) in [4.78, 5) is 16.7. The van der Waals surface area contributed by atoms with Crippen LogP contribution in [0.4, 0.5) is 5.69 Å². The summed E-state index contributed by atoms with van der Waals surface area (Å²) < 4.78 is 0. The molecular weight excluding hydrogens is 282 g/mol. The molecular formula is C16H25N3OS. The van der Waals surface area contributed by atoms with Crippen molar-refractivity contribution < 1.29 is 4.79 Å². The maximum atomic E-state index is 11.9. The molecule has 1 aromatic carbocycles. The van der Waals surface area contributed by atoms with Crippen LogP contribution in [0.15, 0.2) is 24.3 Å². The highest BCUT2D eigenvalue weighted by Gasteiger charge is 2.16. The second kappa shape index (κ2) is 7.61. The van der Waals surface area contributed by atoms with Gasteiger partial charge in [0, 0.05) is 49.3 Å². The first-order valence-electron chi connectivity index (χ1n) is 7.41. The Morgan fingerprint density at radius 3 is 2.38 bits per heavy atom. The summed E-state index contributed by atoms with van der Waals surface area (Å²) in [5, 5.41) is 2.91. The predicted molar refractivity (Wildman–Crippen MR) is 93.8 cm³/mol. The highest BCUT2D eigenvalue weighted by Crippen LogP contribution is 2.17. The lowest BCUT2D eigenvalue weighted by molar-refractivity contribution is 0.0943. The molecule has 1 fully saturated rings. The van der Waals surface area contributed by atoms with Crippen LogP contribution < -0.4 is 10.2 Å². The minimum atomic E-state index is -0.00387. The first-order valence-corrected chi connectivity index (χ1v) is 8.67. The number of nitrogens with zero attached hydrogens (tertiary/aromatic N) is 2. The third-order valence-corrected chi connectivity index (χ3v) is 4.19. The molecule has 116 valence electrons. The fourth-order valence-electron chi connectivity index (χ4n) is 2.46. The zero-order valence-electron chi connectivity index (χ0n) is 12.9. The standard InChI is InChI=1S/C16H25N3OS/c1-13(2)17-16(20)14-4-6-15(7-5-14)19-10-8-18(9-11-19)12-21-3/h4-7,13,21H,3,8-12H2,1-2H3,(H,17,20). The van der Waals surface area contributed by atoms with Crippen molar-refractivity contribution in [3.05, 3.63) is 29.8 Å². The molecule has 0 radical (unpaired) electrons. The summed E-state index contributed by atoms with van der Waals surface area (Å²) in [6.07, 6.45) is 0. The molecule has 0 unspecified atom stereocenters. The minimum Gasteiger partial charge on any atom is -0.369 e. The lowest BCUT2D eigenvalue weighted by Crippen LogP contribution is -2.46. The van der Waals surface area contributed by atoms with Crippen LogP contribution in [0.2, 0.25) is 0 Å². The van der Waals surface area contributed by atoms with Crippen LogP contribution in [0, 0.1) is 0 Å². The molecule has 4 nitrogen and oxygen atoms in total. The van der Waals surface area contributed by atoms with Gasteiger partial charge in [-0.25, -0.2) is 0 Å². The van der Waals surface area contributed by atoms with E-state index in [1.54, 1.807) is 0 Å². The molecule has 0 spiro atoms. The maximum absolute atomic E-state index is 11.9. The third-order valence-electron chi connectivity index (χ3n) is 3.59. The number of carbonyl (C=O) groups excluding carboxylic acids is 1. The molecule has 0 aliphatic carbocycles. The van der Waals surface area contributed by atoms with Crippen molar-refractivity contribution in [3.63, 3.8) is 0 Å². The Bertz CT molecular complexity index is 479. The van der Waals surface area contributed by atoms with Gasteiger partial charge in [0.1, 0.15) is 0 Å². The molecule has 1 aromatic rings. The largest absolute Gasteiger partial charge is 0.369 e. The average Bonchev–Trinajstić information content (AvgIpc) is 2.48. The van der Waals surface area contributed by atoms with Gasteiger partial charge in [-0.15, -0.1) is 0 Å². The summed E-state index contributed by atoms with van der Waals surface area (Å²) in [7, 11) is 0. The van der Waals surface area contributed by atoms with Crippen molar-refractivity contribution in [3.8, 4) is 0 Å². The van der Waals surface area contributed by atoms with Crippen LogP contribution in [-0.4, -0.2) is 54.8 Å². The fourth-order valence-corrected chi connectivity index (χ4v) is 3.02. The number of nitrogens with one attached hydrogen (secondary N) is 1. The zero-order chi connectivity index (χ0) is 15.2. The van der Waals surface area contributed by atoms with Crippen molar-refractivity contribution >= 4 is 28.8 Å². The molecule has 0 aromatic heterocycles. The number of rotatable bonds is 5. The Morgan fingerprint density at radius 1 is 1.24 bits per heavy atom. The van der Waals surface area contributed by atoms with Crippen molar-refractivity contribution in [2.45, 2.75) is 19.9 Å². The maximum Gasteiger partial charge on any atom is 0.251 e. The quantitative estimate of drug-likeness (QED) is 0.643. The van der Waals surface area contributed by atoms with Crippen molar-refractivity contribution in [1.29, 1.82) is 0 Å². The molecule has 1 N–H and O–H groups in total. The molecule has 1 heterocycles. The van der Waals surface area contributed by atoms with E-state index in [-0.39, 0.29) is 11.9 Å². The number of amides is 1. The van der Waals surface area contributed by atoms with Crippen LogP contribution >= 0.6 is 11.4 Å². The van der Waals surface area contributed by atoms with Crippen LogP contribution in [-0.2, 0) is 0 Å². The molecule has 2 rings (SSSR count). The summed E-state index contributed by atoms with van der Waals surface area (Å²) in [5.41, 5.74) is 1.92. The normalized spacial score (nSPS) is 16.2. The number of hydrogen-bond acceptors (Lipinski definition) is 3. The monoisotopic (exact) mass is 307 g/mol. The molecule has 21 heavy (non-hydrogen) atoms. The summed E-state index contributed by atoms with van der Waals surface area (Å²) in [6, 6.07) is 8.08. The lowest BCUT2D eigenvalue weighted by atomic mass is 10.1. The topological polar surface area (TPSA) is 35.6 Å². The Hall–Kier alpha value is -1.33. The lowest BCUT2D eigenvalue weighted by Gasteiger charge is -2.35. The smallest absolute Gasteiger partial charge is 0.251 e. The van der Waals surface area contributed by atoms with E-state index in [0.29, 0.717) is 0 Å². The van der Waals surface area contributed by atoms with Gasteiger partial charge in [-0.1, -0.05) is 5.87 Å². The molecule has 1 amide bonds. The Balaban J connectivity index is 1.94. The predicted octanol–water partition coefficient (Wildman–Crippen LogP) is 1.80. The van der Waals surface area contributed by atoms with E-state index in [0.717, 1.165) is 37.6 Å². The van der Waals surface area contributed by atoms with Gasteiger partial charge in [0.25, 0.3) is 5.91 Å². The van der Waals surface area contributed by atoms with E-state index in [1.807, 2.05) is 38.1 Å². The van der Waals surface area contributed by atoms with Crippen molar-refractivity contribution in [1.82, 2.24) is 10.2 Å². The van der Waals surface area contributed by atoms with Gasteiger partial charge in [-0.2, -0.15) is 11.4 Å². The number of anilines is 1. The molecule has 0 bridgehead atoms. The minimum absolute atomic E-state index is 0.00387. The highest BCUT2D eigenvalue weighted by atomic mass is 32.1. The number of thiol groups is 1. The van der Waals surface area contributed by atoms with Crippen molar-refractivity contribution in [2.75, 3.05) is 37.0 Å². The Labute approximate surface area is 131 Å². The molecule has 0 atom stereocenters. The number of piperazine rings is 1. The van der Waals surface area contributed by atoms with Crippen LogP contribution in [0.3, 0.4) is 0 Å². The number of benzene rings is 1. The van der Waals surface area contributed by atoms with Crippen LogP contribution in [0.25, 0.3) is 0 Å². The van der Waals surface area contributed by atoms with Gasteiger partial charge in [0.2, 0.25) is 0 Å². The second-order valence-electron chi connectivity index (χ2n) is 5.65. The van der Waals surface area contributed by atoms with Gasteiger partial charge in [-0.3, -0.25) is 9.69 Å². The van der Waals surface area contributed by atoms with E-state index in [4.69, 9.17) is 0 Å².